The second kappa shape index (κ2) is 10.2. The van der Waals surface area contributed by atoms with E-state index >= 15 is 0 Å². The highest BCUT2D eigenvalue weighted by Crippen LogP contribution is 2.33. The van der Waals surface area contributed by atoms with Crippen molar-refractivity contribution < 1.29 is 14.3 Å². The summed E-state index contributed by atoms with van der Waals surface area (Å²) in [6.07, 6.45) is 0. The summed E-state index contributed by atoms with van der Waals surface area (Å²) in [5, 5.41) is 9.27. The number of rotatable bonds is 8. The highest BCUT2D eigenvalue weighted by molar-refractivity contribution is 7.99. The van der Waals surface area contributed by atoms with E-state index in [9.17, 15) is 4.79 Å². The van der Waals surface area contributed by atoms with Crippen molar-refractivity contribution in [3.8, 4) is 22.9 Å². The van der Waals surface area contributed by atoms with Crippen LogP contribution in [0.2, 0.25) is 0 Å². The Morgan fingerprint density at radius 3 is 2.06 bits per heavy atom. The average molecular weight is 461 g/mol. The molecule has 168 valence electrons. The van der Waals surface area contributed by atoms with E-state index in [0.717, 1.165) is 16.9 Å². The lowest BCUT2D eigenvalue weighted by molar-refractivity contribution is -0.115. The zero-order valence-electron chi connectivity index (χ0n) is 18.6. The number of amides is 1. The van der Waals surface area contributed by atoms with Crippen LogP contribution in [0.5, 0.6) is 11.5 Å². The van der Waals surface area contributed by atoms with Crippen LogP contribution in [0.25, 0.3) is 11.4 Å². The maximum absolute atomic E-state index is 13.3. The lowest BCUT2D eigenvalue weighted by atomic mass is 10.2. The topological polar surface area (TPSA) is 69.5 Å². The number of carbonyl (C=O) groups excluding carboxylic acids is 1. The van der Waals surface area contributed by atoms with Gasteiger partial charge >= 0.3 is 0 Å². The van der Waals surface area contributed by atoms with E-state index in [0.29, 0.717) is 22.5 Å². The van der Waals surface area contributed by atoms with Gasteiger partial charge in [-0.2, -0.15) is 0 Å². The molecule has 7 nitrogen and oxygen atoms in total. The molecule has 0 aliphatic heterocycles. The lowest BCUT2D eigenvalue weighted by Crippen LogP contribution is -2.27. The van der Waals surface area contributed by atoms with E-state index in [-0.39, 0.29) is 11.7 Å². The van der Waals surface area contributed by atoms with Crippen molar-refractivity contribution in [3.05, 3.63) is 78.9 Å². The number of ether oxygens (including phenoxy) is 2. The highest BCUT2D eigenvalue weighted by Gasteiger charge is 2.20. The van der Waals surface area contributed by atoms with Crippen LogP contribution in [0, 0.1) is 0 Å². The van der Waals surface area contributed by atoms with Crippen LogP contribution in [-0.4, -0.2) is 40.6 Å². The fraction of sp³-hybridized carbons (Fsp3) is 0.160. The number of carbonyl (C=O) groups is 1. The van der Waals surface area contributed by atoms with Gasteiger partial charge in [0.15, 0.2) is 22.5 Å². The van der Waals surface area contributed by atoms with Gasteiger partial charge in [0.05, 0.1) is 20.0 Å². The minimum atomic E-state index is -0.0481. The van der Waals surface area contributed by atoms with E-state index < -0.39 is 0 Å². The van der Waals surface area contributed by atoms with Gasteiger partial charge in [-0.05, 0) is 42.5 Å². The highest BCUT2D eigenvalue weighted by atomic mass is 32.2. The maximum atomic E-state index is 13.3. The Morgan fingerprint density at radius 1 is 0.879 bits per heavy atom. The van der Waals surface area contributed by atoms with Gasteiger partial charge in [0, 0.05) is 24.0 Å². The molecular weight excluding hydrogens is 436 g/mol. The number of hydrogen-bond acceptors (Lipinski definition) is 6. The van der Waals surface area contributed by atoms with Gasteiger partial charge in [-0.25, -0.2) is 0 Å². The molecule has 33 heavy (non-hydrogen) atoms. The van der Waals surface area contributed by atoms with E-state index in [1.807, 2.05) is 90.5 Å². The third-order valence-corrected chi connectivity index (χ3v) is 6.08. The molecule has 0 bridgehead atoms. The number of anilines is 2. The Bertz CT molecular complexity index is 1190. The molecule has 0 radical (unpaired) electrons. The molecule has 0 spiro atoms. The SMILES string of the molecule is COc1ccc(-c2nnc(SCC(=O)N(c3ccccc3)c3ccccc3)n2C)cc1OC. The van der Waals surface area contributed by atoms with Gasteiger partial charge in [0.2, 0.25) is 5.91 Å². The minimum Gasteiger partial charge on any atom is -0.493 e. The van der Waals surface area contributed by atoms with Crippen molar-refractivity contribution in [2.45, 2.75) is 5.16 Å². The van der Waals surface area contributed by atoms with E-state index in [2.05, 4.69) is 10.2 Å². The van der Waals surface area contributed by atoms with Crippen LogP contribution < -0.4 is 14.4 Å². The Morgan fingerprint density at radius 2 is 1.48 bits per heavy atom. The first-order chi connectivity index (χ1) is 16.1. The molecule has 1 heterocycles. The predicted octanol–water partition coefficient (Wildman–Crippen LogP) is 4.96. The molecule has 0 saturated heterocycles. The van der Waals surface area contributed by atoms with Crippen LogP contribution >= 0.6 is 11.8 Å². The molecule has 1 amide bonds. The predicted molar refractivity (Wildman–Crippen MR) is 130 cm³/mol. The standard InChI is InChI=1S/C25H24N4O3S/c1-28-24(18-14-15-21(31-2)22(16-18)32-3)26-27-25(28)33-17-23(30)29(19-10-6-4-7-11-19)20-12-8-5-9-13-20/h4-16H,17H2,1-3H3. The van der Waals surface area contributed by atoms with Crippen LogP contribution in [-0.2, 0) is 11.8 Å². The number of methoxy groups -OCH3 is 2. The average Bonchev–Trinajstić information content (AvgIpc) is 3.23. The number of hydrogen-bond donors (Lipinski definition) is 0. The van der Waals surface area contributed by atoms with Crippen LogP contribution in [0.3, 0.4) is 0 Å². The summed E-state index contributed by atoms with van der Waals surface area (Å²) in [4.78, 5) is 15.0. The largest absolute Gasteiger partial charge is 0.493 e. The molecule has 4 rings (SSSR count). The zero-order chi connectivity index (χ0) is 23.2. The monoisotopic (exact) mass is 460 g/mol. The van der Waals surface area contributed by atoms with Gasteiger partial charge in [0.25, 0.3) is 0 Å². The number of aromatic nitrogens is 3. The fourth-order valence-electron chi connectivity index (χ4n) is 3.45. The Kier molecular flexibility index (Phi) is 6.95. The molecule has 1 aromatic heterocycles. The van der Waals surface area contributed by atoms with E-state index in [1.165, 1.54) is 11.8 Å². The van der Waals surface area contributed by atoms with Gasteiger partial charge in [0.1, 0.15) is 0 Å². The first-order valence-electron chi connectivity index (χ1n) is 10.3. The zero-order valence-corrected chi connectivity index (χ0v) is 19.5. The second-order valence-corrected chi connectivity index (χ2v) is 8.07. The smallest absolute Gasteiger partial charge is 0.242 e. The molecule has 3 aromatic carbocycles. The number of thioether (sulfide) groups is 1. The first kappa shape index (κ1) is 22.4. The molecule has 0 N–H and O–H groups in total. The number of benzene rings is 3. The maximum Gasteiger partial charge on any atom is 0.242 e. The summed E-state index contributed by atoms with van der Waals surface area (Å²) in [5.41, 5.74) is 2.48. The molecule has 0 fully saturated rings. The fourth-order valence-corrected chi connectivity index (χ4v) is 4.21. The minimum absolute atomic E-state index is 0.0481. The van der Waals surface area contributed by atoms with Gasteiger partial charge in [-0.3, -0.25) is 9.69 Å². The Labute approximate surface area is 197 Å². The summed E-state index contributed by atoms with van der Waals surface area (Å²) in [7, 11) is 5.07. The Hall–Kier alpha value is -3.78. The Balaban J connectivity index is 1.54. The van der Waals surface area contributed by atoms with Crippen LogP contribution in [0.4, 0.5) is 11.4 Å². The van der Waals surface area contributed by atoms with E-state index in [4.69, 9.17) is 9.47 Å². The summed E-state index contributed by atoms with van der Waals surface area (Å²) < 4.78 is 12.6. The summed E-state index contributed by atoms with van der Waals surface area (Å²) in [5.74, 6) is 2.10. The van der Waals surface area contributed by atoms with E-state index in [1.54, 1.807) is 19.1 Å². The second-order valence-electron chi connectivity index (χ2n) is 7.12. The molecule has 0 aliphatic rings. The van der Waals surface area contributed by atoms with Gasteiger partial charge in [-0.1, -0.05) is 48.2 Å². The van der Waals surface area contributed by atoms with Crippen LogP contribution in [0.15, 0.2) is 84.0 Å². The summed E-state index contributed by atoms with van der Waals surface area (Å²) >= 11 is 1.35. The molecule has 4 aromatic rings. The first-order valence-corrected chi connectivity index (χ1v) is 11.3. The number of nitrogens with zero attached hydrogens (tertiary/aromatic N) is 4. The number of para-hydroxylation sites is 2. The summed E-state index contributed by atoms with van der Waals surface area (Å²) in [6.45, 7) is 0. The van der Waals surface area contributed by atoms with Crippen molar-refractivity contribution >= 4 is 29.0 Å². The molecule has 8 heteroatoms. The molecule has 0 atom stereocenters. The lowest BCUT2D eigenvalue weighted by Gasteiger charge is -2.22. The van der Waals surface area contributed by atoms with Crippen molar-refractivity contribution in [1.82, 2.24) is 14.8 Å². The van der Waals surface area contributed by atoms with Crippen molar-refractivity contribution in [2.75, 3.05) is 24.9 Å². The third kappa shape index (κ3) is 4.85. The third-order valence-electron chi connectivity index (χ3n) is 5.08. The summed E-state index contributed by atoms with van der Waals surface area (Å²) in [6, 6.07) is 24.8. The van der Waals surface area contributed by atoms with Gasteiger partial charge in [-0.15, -0.1) is 10.2 Å². The molecule has 0 saturated carbocycles. The van der Waals surface area contributed by atoms with Crippen molar-refractivity contribution in [3.63, 3.8) is 0 Å². The molecule has 0 aliphatic carbocycles. The normalized spacial score (nSPS) is 10.6. The van der Waals surface area contributed by atoms with Crippen molar-refractivity contribution in [1.29, 1.82) is 0 Å². The van der Waals surface area contributed by atoms with Gasteiger partial charge < -0.3 is 14.0 Å². The quantitative estimate of drug-likeness (QED) is 0.346. The molecule has 0 unspecified atom stereocenters. The van der Waals surface area contributed by atoms with Crippen molar-refractivity contribution in [2.24, 2.45) is 7.05 Å². The molecular formula is C25H24N4O3S. The van der Waals surface area contributed by atoms with Crippen LogP contribution in [0.1, 0.15) is 0 Å².